The molecule has 1 aliphatic heterocycles. The number of hydrogen-bond donors (Lipinski definition) is 2. The minimum atomic E-state index is -1.88. The summed E-state index contributed by atoms with van der Waals surface area (Å²) in [5.74, 6) is -1.34. The van der Waals surface area contributed by atoms with Crippen molar-refractivity contribution in [2.24, 2.45) is 10.4 Å². The Morgan fingerprint density at radius 2 is 1.67 bits per heavy atom. The first-order valence-electron chi connectivity index (χ1n) is 17.1. The summed E-state index contributed by atoms with van der Waals surface area (Å²) in [4.78, 5) is 45.4. The molecule has 1 saturated carbocycles. The first-order chi connectivity index (χ1) is 21.3. The summed E-state index contributed by atoms with van der Waals surface area (Å²) in [6, 6.07) is -1.57. The van der Waals surface area contributed by atoms with Crippen molar-refractivity contribution in [2.75, 3.05) is 13.1 Å². The number of aliphatic imine (C=N–C) groups is 1. The number of allylic oxidation sites excluding steroid dienone is 5. The Kier molecular flexibility index (Phi) is 29.6. The van der Waals surface area contributed by atoms with E-state index in [-0.39, 0.29) is 78.8 Å². The van der Waals surface area contributed by atoms with Gasteiger partial charge in [-0.3, -0.25) is 19.4 Å². The van der Waals surface area contributed by atoms with Crippen LogP contribution in [0.4, 0.5) is 4.39 Å². The van der Waals surface area contributed by atoms with Crippen LogP contribution in [0.15, 0.2) is 52.2 Å². The van der Waals surface area contributed by atoms with Gasteiger partial charge < -0.3 is 30.4 Å². The molecule has 0 bridgehead atoms. The second kappa shape index (κ2) is 26.9. The Bertz CT molecular complexity index is 1100. The molecule has 0 aromatic heterocycles. The van der Waals surface area contributed by atoms with E-state index in [1.807, 2.05) is 74.6 Å². The van der Waals surface area contributed by atoms with Crippen LogP contribution in [-0.4, -0.2) is 59.7 Å². The number of alkyl halides is 1. The Hall–Kier alpha value is -1.93. The normalized spacial score (nSPS) is 17.8. The molecule has 2 aliphatic rings. The second-order valence-electron chi connectivity index (χ2n) is 12.2. The van der Waals surface area contributed by atoms with Gasteiger partial charge >= 0.3 is 0 Å². The van der Waals surface area contributed by atoms with Crippen LogP contribution < -0.4 is 10.6 Å². The molecular weight excluding hydrogens is 680 g/mol. The predicted octanol–water partition coefficient (Wildman–Crippen LogP) is 9.08. The fourth-order valence-electron chi connectivity index (χ4n) is 5.06. The molecular formula is C39H69FN4O3Y-2. The minimum absolute atomic E-state index is 0. The smallest absolute Gasteiger partial charge is 0.258 e. The van der Waals surface area contributed by atoms with Gasteiger partial charge in [0.05, 0.1) is 0 Å². The Balaban J connectivity index is -0.00000133. The Morgan fingerprint density at radius 1 is 1.08 bits per heavy atom. The van der Waals surface area contributed by atoms with Crippen LogP contribution in [0, 0.1) is 20.3 Å². The molecule has 2 atom stereocenters. The van der Waals surface area contributed by atoms with E-state index in [0.29, 0.717) is 19.4 Å². The number of carbonyl (C=O) groups is 3. The van der Waals surface area contributed by atoms with Gasteiger partial charge in [0.2, 0.25) is 11.8 Å². The number of nitrogens with one attached hydrogen (secondary N) is 2. The average molecular weight is 750 g/mol. The van der Waals surface area contributed by atoms with Gasteiger partial charge in [-0.15, -0.1) is 0 Å². The molecule has 48 heavy (non-hydrogen) atoms. The summed E-state index contributed by atoms with van der Waals surface area (Å²) in [6.07, 6.45) is 13.2. The van der Waals surface area contributed by atoms with Crippen LogP contribution >= 0.6 is 0 Å². The van der Waals surface area contributed by atoms with Gasteiger partial charge in [-0.2, -0.15) is 0 Å². The molecule has 275 valence electrons. The van der Waals surface area contributed by atoms with E-state index in [0.717, 1.165) is 37.0 Å². The van der Waals surface area contributed by atoms with E-state index in [1.165, 1.54) is 16.0 Å². The maximum Gasteiger partial charge on any atom is 0.258 e. The fourth-order valence-corrected chi connectivity index (χ4v) is 5.06. The molecule has 7 nitrogen and oxygen atoms in total. The summed E-state index contributed by atoms with van der Waals surface area (Å²) >= 11 is 0. The number of carbonyl (C=O) groups excluding carboxylic acids is 3. The topological polar surface area (TPSA) is 90.9 Å². The zero-order valence-electron chi connectivity index (χ0n) is 32.8. The van der Waals surface area contributed by atoms with Crippen molar-refractivity contribution in [2.45, 2.75) is 145 Å². The van der Waals surface area contributed by atoms with Crippen molar-refractivity contribution in [1.82, 2.24) is 15.5 Å². The summed E-state index contributed by atoms with van der Waals surface area (Å²) in [5, 5.41) is 5.62. The number of halogens is 1. The number of amides is 3. The molecule has 0 aromatic carbocycles. The van der Waals surface area contributed by atoms with Crippen LogP contribution in [0.3, 0.4) is 0 Å². The first-order valence-corrected chi connectivity index (χ1v) is 17.1. The van der Waals surface area contributed by atoms with E-state index in [9.17, 15) is 18.8 Å². The van der Waals surface area contributed by atoms with E-state index >= 15 is 0 Å². The molecule has 1 heterocycles. The third-order valence-corrected chi connectivity index (χ3v) is 7.86. The van der Waals surface area contributed by atoms with Crippen LogP contribution in [0.25, 0.3) is 0 Å². The molecule has 9 heteroatoms. The van der Waals surface area contributed by atoms with Crippen LogP contribution in [0.5, 0.6) is 0 Å². The van der Waals surface area contributed by atoms with E-state index < -0.39 is 29.1 Å². The van der Waals surface area contributed by atoms with Gasteiger partial charge in [-0.05, 0) is 80.9 Å². The van der Waals surface area contributed by atoms with Gasteiger partial charge in [0.1, 0.15) is 12.1 Å². The van der Waals surface area contributed by atoms with E-state index in [1.54, 1.807) is 6.08 Å². The minimum Gasteiger partial charge on any atom is -0.358 e. The van der Waals surface area contributed by atoms with Crippen molar-refractivity contribution in [1.29, 1.82) is 0 Å². The van der Waals surface area contributed by atoms with Gasteiger partial charge in [-0.25, -0.2) is 4.39 Å². The SMILES string of the molecule is C=C\C(=C/C=C(CC)/C(CCCC)=C(\C)N=CC)CNC(=O)C1CCCN1C(=O)C(NC(=O)C1(F)CC1)C(C)(C)C.CC.CC.[CH3-].[CH3-].[Y]. The molecule has 2 N–H and O–H groups in total. The third kappa shape index (κ3) is 16.7. The fraction of sp³-hybridized carbons (Fsp3) is 0.641. The largest absolute Gasteiger partial charge is 0.358 e. The number of unbranched alkanes of at least 4 members (excludes halogenated alkanes) is 1. The number of nitrogens with zero attached hydrogens (tertiary/aromatic N) is 2. The molecule has 0 spiro atoms. The zero-order chi connectivity index (χ0) is 34.8. The Morgan fingerprint density at radius 3 is 2.12 bits per heavy atom. The molecule has 1 radical (unpaired) electrons. The van der Waals surface area contributed by atoms with Gasteiger partial charge in [0.15, 0.2) is 5.67 Å². The standard InChI is InChI=1S/C33H51FN4O3.2C2H6.2CH3.Y/c1-9-13-15-26(23(5)35-12-4)25(11-3)18-17-24(10-2)22-36-29(39)27-16-14-21-38(27)30(40)28(32(6,7)8)37-31(41)33(34)19-20-33;2*1-2;;;/h10,12,17-18,27-28H,2,9,11,13-16,19-22H2,1,3-8H3,(H,36,39)(H,37,41);2*1-2H3;2*1H3;/q;;;2*-1;/b24-17+,25-18+,26-23+,35-12?;;;;;. The van der Waals surface area contributed by atoms with Crippen molar-refractivity contribution < 1.29 is 51.5 Å². The van der Waals surface area contributed by atoms with Gasteiger partial charge in [0, 0.05) is 57.7 Å². The quantitative estimate of drug-likeness (QED) is 0.106. The van der Waals surface area contributed by atoms with Crippen LogP contribution in [-0.2, 0) is 47.1 Å². The summed E-state index contributed by atoms with van der Waals surface area (Å²) in [5.41, 5.74) is 1.80. The van der Waals surface area contributed by atoms with Crippen molar-refractivity contribution >= 4 is 23.9 Å². The summed E-state index contributed by atoms with van der Waals surface area (Å²) < 4.78 is 14.4. The molecule has 0 aromatic rings. The van der Waals surface area contributed by atoms with Crippen molar-refractivity contribution in [3.63, 3.8) is 0 Å². The summed E-state index contributed by atoms with van der Waals surface area (Å²) in [6.45, 7) is 26.4. The van der Waals surface area contributed by atoms with Crippen LogP contribution in [0.2, 0.25) is 0 Å². The van der Waals surface area contributed by atoms with Gasteiger partial charge in [0.25, 0.3) is 5.91 Å². The summed E-state index contributed by atoms with van der Waals surface area (Å²) in [7, 11) is 0. The Labute approximate surface area is 320 Å². The van der Waals surface area contributed by atoms with Crippen molar-refractivity contribution in [3.8, 4) is 0 Å². The maximum atomic E-state index is 14.4. The molecule has 3 amide bonds. The predicted molar refractivity (Wildman–Crippen MR) is 201 cm³/mol. The molecule has 2 unspecified atom stereocenters. The third-order valence-electron chi connectivity index (χ3n) is 7.86. The average Bonchev–Trinajstić information content (AvgIpc) is 3.58. The van der Waals surface area contributed by atoms with Crippen molar-refractivity contribution in [3.05, 3.63) is 62.1 Å². The first kappa shape index (κ1) is 52.9. The van der Waals surface area contributed by atoms with E-state index in [4.69, 9.17) is 0 Å². The monoisotopic (exact) mass is 749 g/mol. The number of hydrogen-bond acceptors (Lipinski definition) is 4. The van der Waals surface area contributed by atoms with E-state index in [2.05, 4.69) is 42.1 Å². The number of rotatable bonds is 14. The molecule has 2 fully saturated rings. The molecule has 1 saturated heterocycles. The maximum absolute atomic E-state index is 14.4. The molecule has 1 aliphatic carbocycles. The molecule has 2 rings (SSSR count). The van der Waals surface area contributed by atoms with Crippen LogP contribution in [0.1, 0.15) is 128 Å². The number of likely N-dealkylation sites (tertiary alicyclic amines) is 1. The second-order valence-corrected chi connectivity index (χ2v) is 12.2. The van der Waals surface area contributed by atoms with Gasteiger partial charge in [-0.1, -0.05) is 93.5 Å². The zero-order valence-corrected chi connectivity index (χ0v) is 35.7.